The molecule has 1 aromatic heterocycles. The van der Waals surface area contributed by atoms with E-state index in [1.807, 2.05) is 72.9 Å². The first kappa shape index (κ1) is 21.5. The lowest BCUT2D eigenvalue weighted by Gasteiger charge is -2.15. The maximum atomic E-state index is 13.0. The Labute approximate surface area is 198 Å². The maximum Gasteiger partial charge on any atom is 0.282 e. The predicted molar refractivity (Wildman–Crippen MR) is 133 cm³/mol. The van der Waals surface area contributed by atoms with Crippen molar-refractivity contribution in [2.24, 2.45) is 5.92 Å². The van der Waals surface area contributed by atoms with Gasteiger partial charge in [-0.2, -0.15) is 0 Å². The highest BCUT2D eigenvalue weighted by Gasteiger charge is 2.34. The molecular weight excluding hydrogens is 426 g/mol. The van der Waals surface area contributed by atoms with Gasteiger partial charge in [-0.05, 0) is 36.4 Å². The quantitative estimate of drug-likeness (QED) is 0.324. The summed E-state index contributed by atoms with van der Waals surface area (Å²) in [6.07, 6.45) is 3.69. The Morgan fingerprint density at radius 3 is 2.35 bits per heavy atom. The zero-order valence-electron chi connectivity index (χ0n) is 18.8. The Bertz CT molecular complexity index is 1360. The summed E-state index contributed by atoms with van der Waals surface area (Å²) in [4.78, 5) is 25.7. The van der Waals surface area contributed by atoms with Gasteiger partial charge in [0, 0.05) is 35.1 Å². The van der Waals surface area contributed by atoms with Gasteiger partial charge >= 0.3 is 0 Å². The fourth-order valence-electron chi connectivity index (χ4n) is 4.16. The molecule has 170 valence electrons. The third kappa shape index (κ3) is 4.30. The van der Waals surface area contributed by atoms with Crippen LogP contribution in [0.25, 0.3) is 17.0 Å². The molecule has 2 amide bonds. The summed E-state index contributed by atoms with van der Waals surface area (Å²) in [5.41, 5.74) is 5.29. The molecule has 6 nitrogen and oxygen atoms in total. The van der Waals surface area contributed by atoms with Crippen LogP contribution in [0.4, 0.5) is 5.69 Å². The highest BCUT2D eigenvalue weighted by molar-refractivity contribution is 6.32. The van der Waals surface area contributed by atoms with Gasteiger partial charge in [0.05, 0.1) is 12.3 Å². The summed E-state index contributed by atoms with van der Waals surface area (Å²) >= 11 is 0. The van der Waals surface area contributed by atoms with E-state index in [1.54, 1.807) is 18.2 Å². The minimum absolute atomic E-state index is 0.118. The third-order valence-electron chi connectivity index (χ3n) is 5.81. The molecule has 34 heavy (non-hydrogen) atoms. The fraction of sp³-hybridized carbons (Fsp3) is 0.143. The third-order valence-corrected chi connectivity index (χ3v) is 5.81. The Morgan fingerprint density at radius 1 is 0.912 bits per heavy atom. The van der Waals surface area contributed by atoms with Crippen molar-refractivity contribution in [1.29, 1.82) is 0 Å². The highest BCUT2D eigenvalue weighted by atomic mass is 16.5. The molecule has 0 aliphatic carbocycles. The monoisotopic (exact) mass is 451 g/mol. The van der Waals surface area contributed by atoms with Crippen LogP contribution >= 0.6 is 0 Å². The molecule has 5 rings (SSSR count). The molecule has 0 spiro atoms. The molecule has 1 aliphatic rings. The number of nitrogens with one attached hydrogen (secondary N) is 1. The molecule has 1 fully saturated rings. The van der Waals surface area contributed by atoms with E-state index in [0.717, 1.165) is 28.8 Å². The largest absolute Gasteiger partial charge is 0.493 e. The van der Waals surface area contributed by atoms with Crippen molar-refractivity contribution in [1.82, 2.24) is 9.99 Å². The van der Waals surface area contributed by atoms with Crippen LogP contribution in [0.3, 0.4) is 0 Å². The van der Waals surface area contributed by atoms with Gasteiger partial charge < -0.3 is 9.30 Å². The molecule has 2 heterocycles. The highest BCUT2D eigenvalue weighted by Crippen LogP contribution is 2.27. The summed E-state index contributed by atoms with van der Waals surface area (Å²) in [5.74, 6) is 0.334. The molecule has 0 saturated carbocycles. The van der Waals surface area contributed by atoms with E-state index in [-0.39, 0.29) is 17.4 Å². The summed E-state index contributed by atoms with van der Waals surface area (Å²) in [6.45, 7) is 3.47. The molecule has 3 aromatic carbocycles. The molecule has 6 heteroatoms. The number of aromatic nitrogens is 1. The Hall–Kier alpha value is -4.32. The average molecular weight is 452 g/mol. The maximum absolute atomic E-state index is 13.0. The second-order valence-electron chi connectivity index (χ2n) is 8.46. The van der Waals surface area contributed by atoms with Gasteiger partial charge in [-0.25, -0.2) is 5.01 Å². The minimum Gasteiger partial charge on any atom is -0.493 e. The van der Waals surface area contributed by atoms with Crippen LogP contribution in [0, 0.1) is 5.92 Å². The molecule has 4 aromatic rings. The first-order valence-corrected chi connectivity index (χ1v) is 11.3. The van der Waals surface area contributed by atoms with E-state index in [4.69, 9.17) is 4.74 Å². The normalized spacial score (nSPS) is 15.7. The zero-order chi connectivity index (χ0) is 23.5. The van der Waals surface area contributed by atoms with Crippen LogP contribution in [0.15, 0.2) is 96.7 Å². The van der Waals surface area contributed by atoms with Gasteiger partial charge in [0.25, 0.3) is 11.8 Å². The van der Waals surface area contributed by atoms with E-state index < -0.39 is 5.91 Å². The van der Waals surface area contributed by atoms with Gasteiger partial charge in [-0.15, -0.1) is 0 Å². The summed E-state index contributed by atoms with van der Waals surface area (Å²) in [7, 11) is 0. The van der Waals surface area contributed by atoms with Crippen LogP contribution in [0.1, 0.15) is 12.5 Å². The molecule has 1 N–H and O–H groups in total. The number of ether oxygens (including phenoxy) is 1. The Morgan fingerprint density at radius 2 is 1.59 bits per heavy atom. The van der Waals surface area contributed by atoms with Gasteiger partial charge in [0.15, 0.2) is 0 Å². The van der Waals surface area contributed by atoms with Crippen LogP contribution < -0.4 is 15.2 Å². The van der Waals surface area contributed by atoms with E-state index >= 15 is 0 Å². The predicted octanol–water partition coefficient (Wildman–Crippen LogP) is 4.82. The summed E-state index contributed by atoms with van der Waals surface area (Å²) in [5, 5.41) is 2.28. The van der Waals surface area contributed by atoms with E-state index in [2.05, 4.69) is 23.0 Å². The summed E-state index contributed by atoms with van der Waals surface area (Å²) < 4.78 is 8.08. The van der Waals surface area contributed by atoms with Gasteiger partial charge in [-0.1, -0.05) is 61.5 Å². The van der Waals surface area contributed by atoms with Crippen LogP contribution in [0.2, 0.25) is 0 Å². The molecule has 1 atom stereocenters. The number of fused-ring (bicyclic) bond motifs is 1. The van der Waals surface area contributed by atoms with Crippen LogP contribution in [0.5, 0.6) is 5.75 Å². The smallest absolute Gasteiger partial charge is 0.282 e. The van der Waals surface area contributed by atoms with Crippen molar-refractivity contribution in [3.63, 3.8) is 0 Å². The van der Waals surface area contributed by atoms with E-state index in [1.165, 1.54) is 5.01 Å². The lowest BCUT2D eigenvalue weighted by Crippen LogP contribution is -2.35. The van der Waals surface area contributed by atoms with E-state index in [0.29, 0.717) is 12.3 Å². The number of hydrogen-bond acceptors (Lipinski definition) is 3. The second kappa shape index (κ2) is 9.27. The van der Waals surface area contributed by atoms with Gasteiger partial charge in [0.1, 0.15) is 11.3 Å². The van der Waals surface area contributed by atoms with E-state index in [9.17, 15) is 9.59 Å². The number of hydrogen-bond donors (Lipinski definition) is 1. The molecule has 1 saturated heterocycles. The number of para-hydroxylation sites is 3. The lowest BCUT2D eigenvalue weighted by molar-refractivity contribution is -0.117. The number of anilines is 1. The second-order valence-corrected chi connectivity index (χ2v) is 8.46. The zero-order valence-corrected chi connectivity index (χ0v) is 18.8. The molecular formula is C28H25N3O3. The molecule has 0 radical (unpaired) electrons. The van der Waals surface area contributed by atoms with Gasteiger partial charge in [0.2, 0.25) is 0 Å². The average Bonchev–Trinajstić information content (AvgIpc) is 3.36. The summed E-state index contributed by atoms with van der Waals surface area (Å²) in [6, 6.07) is 26.9. The number of benzene rings is 3. The minimum atomic E-state index is -0.407. The van der Waals surface area contributed by atoms with Crippen molar-refractivity contribution in [3.8, 4) is 5.75 Å². The van der Waals surface area contributed by atoms with Gasteiger partial charge in [-0.3, -0.25) is 15.0 Å². The number of rotatable bonds is 7. The number of amides is 2. The van der Waals surface area contributed by atoms with Crippen molar-refractivity contribution < 1.29 is 14.3 Å². The van der Waals surface area contributed by atoms with Crippen molar-refractivity contribution in [3.05, 3.63) is 102 Å². The first-order chi connectivity index (χ1) is 16.6. The van der Waals surface area contributed by atoms with Crippen LogP contribution in [-0.4, -0.2) is 23.0 Å². The SMILES string of the molecule is C[C@H](COc1ccccc1)Cn1cc(/C=C2/C(=O)NN(c3ccccc3)C2=O)c2ccccc21. The molecule has 1 aliphatic heterocycles. The van der Waals surface area contributed by atoms with Crippen molar-refractivity contribution >= 4 is 34.5 Å². The topological polar surface area (TPSA) is 63.6 Å². The Balaban J connectivity index is 1.40. The number of nitrogens with zero attached hydrogens (tertiary/aromatic N) is 2. The molecule has 0 bridgehead atoms. The number of hydrazine groups is 1. The van der Waals surface area contributed by atoms with Crippen LogP contribution in [-0.2, 0) is 16.1 Å². The standard InChI is InChI=1S/C28H25N3O3/c1-20(19-34-23-12-6-3-7-13-23)17-30-18-21(24-14-8-9-15-26(24)30)16-25-27(32)29-31(28(25)33)22-10-4-2-5-11-22/h2-16,18,20H,17,19H2,1H3,(H,29,32)/b25-16-/t20-/m0/s1. The first-order valence-electron chi connectivity index (χ1n) is 11.3. The number of carbonyl (C=O) groups is 2. The molecule has 0 unspecified atom stereocenters. The lowest BCUT2D eigenvalue weighted by atomic mass is 10.1. The number of carbonyl (C=O) groups excluding carboxylic acids is 2. The Kier molecular flexibility index (Phi) is 5.87. The van der Waals surface area contributed by atoms with Crippen molar-refractivity contribution in [2.75, 3.05) is 11.6 Å². The fourth-order valence-corrected chi connectivity index (χ4v) is 4.16. The van der Waals surface area contributed by atoms with Crippen molar-refractivity contribution in [2.45, 2.75) is 13.5 Å².